The summed E-state index contributed by atoms with van der Waals surface area (Å²) in [7, 11) is 0. The van der Waals surface area contributed by atoms with Crippen LogP contribution in [-0.2, 0) is 9.59 Å². The molecule has 4 nitrogen and oxygen atoms in total. The van der Waals surface area contributed by atoms with Gasteiger partial charge < -0.3 is 10.4 Å². The van der Waals surface area contributed by atoms with Crippen molar-refractivity contribution in [2.24, 2.45) is 17.3 Å². The Balaban J connectivity index is 2.07. The molecular weight excluding hydrogens is 322 g/mol. The Kier molecular flexibility index (Phi) is 3.91. The average molecular weight is 340 g/mol. The van der Waals surface area contributed by atoms with E-state index in [1.54, 1.807) is 0 Å². The third-order valence-corrected chi connectivity index (χ3v) is 4.83. The fourth-order valence-corrected chi connectivity index (χ4v) is 3.42. The van der Waals surface area contributed by atoms with Crippen molar-refractivity contribution >= 4 is 27.8 Å². The summed E-state index contributed by atoms with van der Waals surface area (Å²) in [6, 6.07) is 7.50. The molecule has 0 aliphatic heterocycles. The molecule has 0 bridgehead atoms. The lowest BCUT2D eigenvalue weighted by atomic mass is 10.1. The number of hydrogen-bond donors (Lipinski definition) is 2. The largest absolute Gasteiger partial charge is 0.481 e. The lowest BCUT2D eigenvalue weighted by Crippen LogP contribution is -2.30. The molecule has 0 heterocycles. The first-order valence-electron chi connectivity index (χ1n) is 6.54. The number of carboxylic acid groups (broad SMARTS) is 1. The highest BCUT2D eigenvalue weighted by molar-refractivity contribution is 9.10. The summed E-state index contributed by atoms with van der Waals surface area (Å²) in [5, 5.41) is 12.0. The molecule has 0 radical (unpaired) electrons. The second-order valence-corrected chi connectivity index (χ2v) is 6.72. The first-order valence-corrected chi connectivity index (χ1v) is 7.33. The molecule has 5 heteroatoms. The summed E-state index contributed by atoms with van der Waals surface area (Å²) in [6.07, 6.45) is 0. The Labute approximate surface area is 126 Å². The van der Waals surface area contributed by atoms with Crippen LogP contribution in [0.15, 0.2) is 28.7 Å². The van der Waals surface area contributed by atoms with Crippen molar-refractivity contribution in [1.29, 1.82) is 0 Å². The minimum Gasteiger partial charge on any atom is -0.481 e. The van der Waals surface area contributed by atoms with Gasteiger partial charge in [-0.1, -0.05) is 48.0 Å². The van der Waals surface area contributed by atoms with Gasteiger partial charge in [0.1, 0.15) is 0 Å². The summed E-state index contributed by atoms with van der Waals surface area (Å²) in [6.45, 7) is 5.53. The van der Waals surface area contributed by atoms with Crippen LogP contribution in [0.3, 0.4) is 0 Å². The Morgan fingerprint density at radius 1 is 1.30 bits per heavy atom. The minimum absolute atomic E-state index is 0.163. The van der Waals surface area contributed by atoms with Gasteiger partial charge in [-0.3, -0.25) is 9.59 Å². The van der Waals surface area contributed by atoms with Gasteiger partial charge in [0.25, 0.3) is 0 Å². The maximum Gasteiger partial charge on any atom is 0.307 e. The lowest BCUT2D eigenvalue weighted by molar-refractivity contribution is -0.140. The van der Waals surface area contributed by atoms with Crippen molar-refractivity contribution < 1.29 is 14.7 Å². The van der Waals surface area contributed by atoms with Crippen molar-refractivity contribution in [3.63, 3.8) is 0 Å². The van der Waals surface area contributed by atoms with Gasteiger partial charge in [0, 0.05) is 4.47 Å². The molecular formula is C15H18BrNO3. The summed E-state index contributed by atoms with van der Waals surface area (Å²) in [4.78, 5) is 23.4. The van der Waals surface area contributed by atoms with Crippen LogP contribution in [0.4, 0.5) is 0 Å². The third kappa shape index (κ3) is 2.59. The number of aliphatic carboxylic acids is 1. The van der Waals surface area contributed by atoms with Gasteiger partial charge >= 0.3 is 5.97 Å². The highest BCUT2D eigenvalue weighted by Crippen LogP contribution is 2.58. The van der Waals surface area contributed by atoms with E-state index in [0.717, 1.165) is 10.0 Å². The normalized spacial score (nSPS) is 24.8. The fraction of sp³-hybridized carbons (Fsp3) is 0.467. The maximum atomic E-state index is 12.2. The molecule has 1 fully saturated rings. The van der Waals surface area contributed by atoms with Gasteiger partial charge in [-0.15, -0.1) is 0 Å². The van der Waals surface area contributed by atoms with Crippen LogP contribution in [-0.4, -0.2) is 17.0 Å². The Bertz CT molecular complexity index is 556. The van der Waals surface area contributed by atoms with E-state index >= 15 is 0 Å². The van der Waals surface area contributed by atoms with E-state index in [1.807, 2.05) is 45.0 Å². The second kappa shape index (κ2) is 5.20. The summed E-state index contributed by atoms with van der Waals surface area (Å²) in [5.41, 5.74) is 0.509. The second-order valence-electron chi connectivity index (χ2n) is 5.87. The Morgan fingerprint density at radius 3 is 2.40 bits per heavy atom. The third-order valence-electron chi connectivity index (χ3n) is 4.11. The molecule has 2 unspecified atom stereocenters. The van der Waals surface area contributed by atoms with E-state index < -0.39 is 23.2 Å². The molecule has 1 aromatic carbocycles. The topological polar surface area (TPSA) is 66.4 Å². The van der Waals surface area contributed by atoms with E-state index in [-0.39, 0.29) is 11.9 Å². The van der Waals surface area contributed by atoms with Gasteiger partial charge in [0.15, 0.2) is 0 Å². The summed E-state index contributed by atoms with van der Waals surface area (Å²) in [5.74, 6) is -2.13. The molecule has 1 saturated carbocycles. The van der Waals surface area contributed by atoms with Crippen LogP contribution in [0.2, 0.25) is 0 Å². The Hall–Kier alpha value is -1.36. The highest BCUT2D eigenvalue weighted by Gasteiger charge is 2.65. The van der Waals surface area contributed by atoms with Crippen molar-refractivity contribution in [1.82, 2.24) is 5.32 Å². The van der Waals surface area contributed by atoms with Crippen LogP contribution < -0.4 is 5.32 Å². The van der Waals surface area contributed by atoms with Crippen LogP contribution in [0.1, 0.15) is 32.4 Å². The van der Waals surface area contributed by atoms with Crippen LogP contribution in [0.5, 0.6) is 0 Å². The molecule has 1 amide bonds. The number of carboxylic acids is 1. The lowest BCUT2D eigenvalue weighted by Gasteiger charge is -2.16. The number of rotatable bonds is 4. The Morgan fingerprint density at radius 2 is 1.90 bits per heavy atom. The summed E-state index contributed by atoms with van der Waals surface area (Å²) >= 11 is 3.45. The number of benzene rings is 1. The van der Waals surface area contributed by atoms with Crippen LogP contribution in [0.25, 0.3) is 0 Å². The zero-order chi connectivity index (χ0) is 15.1. The molecule has 108 valence electrons. The standard InChI is InChI=1S/C15H18BrNO3/c1-8(9-6-4-5-7-10(9)16)17-13(18)11-12(14(19)20)15(11,2)3/h4-8,11-12H,1-3H3,(H,17,18)(H,19,20)/t8-,11?,12?/m1/s1. The van der Waals surface area contributed by atoms with Gasteiger partial charge in [0.2, 0.25) is 5.91 Å². The smallest absolute Gasteiger partial charge is 0.307 e. The number of halogens is 1. The molecule has 2 N–H and O–H groups in total. The average Bonchev–Trinajstić information content (AvgIpc) is 2.93. The van der Waals surface area contributed by atoms with Crippen molar-refractivity contribution in [3.8, 4) is 0 Å². The highest BCUT2D eigenvalue weighted by atomic mass is 79.9. The van der Waals surface area contributed by atoms with Crippen LogP contribution >= 0.6 is 15.9 Å². The van der Waals surface area contributed by atoms with Gasteiger partial charge in [0.05, 0.1) is 17.9 Å². The van der Waals surface area contributed by atoms with Crippen molar-refractivity contribution in [2.45, 2.75) is 26.8 Å². The predicted octanol–water partition coefficient (Wildman–Crippen LogP) is 2.98. The number of amides is 1. The molecule has 1 aromatic rings. The molecule has 0 spiro atoms. The predicted molar refractivity (Wildman–Crippen MR) is 79.1 cm³/mol. The van der Waals surface area contributed by atoms with E-state index in [9.17, 15) is 9.59 Å². The molecule has 2 rings (SSSR count). The number of hydrogen-bond acceptors (Lipinski definition) is 2. The molecule has 1 aliphatic rings. The monoisotopic (exact) mass is 339 g/mol. The molecule has 1 aliphatic carbocycles. The van der Waals surface area contributed by atoms with Crippen LogP contribution in [0, 0.1) is 17.3 Å². The SMILES string of the molecule is C[C@@H](NC(=O)C1C(C(=O)O)C1(C)C)c1ccccc1Br. The minimum atomic E-state index is -0.899. The quantitative estimate of drug-likeness (QED) is 0.886. The number of carbonyl (C=O) groups is 2. The number of nitrogens with one attached hydrogen (secondary N) is 1. The zero-order valence-corrected chi connectivity index (χ0v) is 13.3. The van der Waals surface area contributed by atoms with Gasteiger partial charge in [-0.05, 0) is 24.0 Å². The van der Waals surface area contributed by atoms with E-state index in [2.05, 4.69) is 21.2 Å². The molecule has 0 saturated heterocycles. The zero-order valence-electron chi connectivity index (χ0n) is 11.7. The fourth-order valence-electron chi connectivity index (χ4n) is 2.80. The van der Waals surface area contributed by atoms with E-state index in [1.165, 1.54) is 0 Å². The summed E-state index contributed by atoms with van der Waals surface area (Å²) < 4.78 is 0.928. The van der Waals surface area contributed by atoms with E-state index in [0.29, 0.717) is 0 Å². The van der Waals surface area contributed by atoms with Crippen molar-refractivity contribution in [2.75, 3.05) is 0 Å². The molecule has 3 atom stereocenters. The van der Waals surface area contributed by atoms with E-state index in [4.69, 9.17) is 5.11 Å². The first kappa shape index (κ1) is 15.0. The molecule has 0 aromatic heterocycles. The molecule has 20 heavy (non-hydrogen) atoms. The number of carbonyl (C=O) groups excluding carboxylic acids is 1. The van der Waals surface area contributed by atoms with Gasteiger partial charge in [-0.25, -0.2) is 0 Å². The first-order chi connectivity index (χ1) is 9.26. The van der Waals surface area contributed by atoms with Gasteiger partial charge in [-0.2, -0.15) is 0 Å². The van der Waals surface area contributed by atoms with Crippen molar-refractivity contribution in [3.05, 3.63) is 34.3 Å². The maximum absolute atomic E-state index is 12.2.